The zero-order chi connectivity index (χ0) is 31.5. The summed E-state index contributed by atoms with van der Waals surface area (Å²) in [4.78, 5) is 29.6. The van der Waals surface area contributed by atoms with Gasteiger partial charge >= 0.3 is 0 Å². The smallest absolute Gasteiger partial charge is 0.264 e. The molecular formula is C34H36ClN3O5S. The first kappa shape index (κ1) is 32.6. The molecule has 4 aromatic rings. The number of nitrogens with zero attached hydrogens (tertiary/aromatic N) is 2. The van der Waals surface area contributed by atoms with E-state index in [0.29, 0.717) is 23.7 Å². The third kappa shape index (κ3) is 8.39. The summed E-state index contributed by atoms with van der Waals surface area (Å²) in [5, 5.41) is 3.26. The topological polar surface area (TPSA) is 96.0 Å². The van der Waals surface area contributed by atoms with E-state index < -0.39 is 28.5 Å². The maximum Gasteiger partial charge on any atom is 0.264 e. The maximum absolute atomic E-state index is 14.4. The van der Waals surface area contributed by atoms with Crippen LogP contribution in [0.2, 0.25) is 5.02 Å². The maximum atomic E-state index is 14.4. The van der Waals surface area contributed by atoms with Crippen LogP contribution in [0.3, 0.4) is 0 Å². The number of carbonyl (C=O) groups excluding carboxylic acids is 2. The van der Waals surface area contributed by atoms with Gasteiger partial charge in [-0.15, -0.1) is 0 Å². The van der Waals surface area contributed by atoms with Crippen LogP contribution in [-0.4, -0.2) is 51.4 Å². The number of halogens is 1. The second-order valence-corrected chi connectivity index (χ2v) is 12.5. The number of hydrogen-bond acceptors (Lipinski definition) is 5. The normalized spacial score (nSPS) is 11.8. The van der Waals surface area contributed by atoms with Crippen LogP contribution >= 0.6 is 11.6 Å². The minimum atomic E-state index is -4.20. The number of methoxy groups -OCH3 is 1. The number of nitrogens with one attached hydrogen (secondary N) is 1. The van der Waals surface area contributed by atoms with Gasteiger partial charge in [-0.2, -0.15) is 0 Å². The molecule has 8 nitrogen and oxygen atoms in total. The molecular weight excluding hydrogens is 598 g/mol. The van der Waals surface area contributed by atoms with Crippen LogP contribution < -0.4 is 14.4 Å². The monoisotopic (exact) mass is 633 g/mol. The van der Waals surface area contributed by atoms with Gasteiger partial charge in [-0.05, 0) is 60.0 Å². The lowest BCUT2D eigenvalue weighted by Crippen LogP contribution is -2.53. The quantitative estimate of drug-likeness (QED) is 0.192. The Morgan fingerprint density at radius 2 is 1.52 bits per heavy atom. The molecule has 44 heavy (non-hydrogen) atoms. The van der Waals surface area contributed by atoms with E-state index in [0.717, 1.165) is 15.4 Å². The summed E-state index contributed by atoms with van der Waals surface area (Å²) in [6.07, 6.45) is 0.945. The fourth-order valence-electron chi connectivity index (χ4n) is 4.77. The molecule has 0 bridgehead atoms. The summed E-state index contributed by atoms with van der Waals surface area (Å²) < 4.78 is 34.4. The molecule has 0 aliphatic carbocycles. The summed E-state index contributed by atoms with van der Waals surface area (Å²) in [6.45, 7) is 1.86. The lowest BCUT2D eigenvalue weighted by molar-refractivity contribution is -0.140. The molecule has 0 aliphatic heterocycles. The second-order valence-electron chi connectivity index (χ2n) is 10.2. The molecule has 0 aliphatic rings. The number of amides is 2. The molecule has 0 spiro atoms. The number of anilines is 1. The van der Waals surface area contributed by atoms with Gasteiger partial charge in [0.1, 0.15) is 18.3 Å². The minimum Gasteiger partial charge on any atom is -0.497 e. The van der Waals surface area contributed by atoms with Crippen LogP contribution in [0, 0.1) is 0 Å². The van der Waals surface area contributed by atoms with Crippen LogP contribution in [0.15, 0.2) is 114 Å². The van der Waals surface area contributed by atoms with Crippen molar-refractivity contribution in [1.82, 2.24) is 10.2 Å². The Morgan fingerprint density at radius 1 is 0.864 bits per heavy atom. The highest BCUT2D eigenvalue weighted by atomic mass is 35.5. The number of ether oxygens (including phenoxy) is 1. The first-order valence-electron chi connectivity index (χ1n) is 14.3. The van der Waals surface area contributed by atoms with E-state index in [4.69, 9.17) is 16.3 Å². The number of benzene rings is 4. The first-order chi connectivity index (χ1) is 21.2. The van der Waals surface area contributed by atoms with E-state index in [2.05, 4.69) is 5.32 Å². The lowest BCUT2D eigenvalue weighted by Gasteiger charge is -2.34. The predicted octanol–water partition coefficient (Wildman–Crippen LogP) is 5.71. The van der Waals surface area contributed by atoms with Gasteiger partial charge in [-0.1, -0.05) is 85.3 Å². The van der Waals surface area contributed by atoms with Gasteiger partial charge in [0.2, 0.25) is 11.8 Å². The van der Waals surface area contributed by atoms with E-state index in [1.807, 2.05) is 43.3 Å². The van der Waals surface area contributed by atoms with Gasteiger partial charge in [0.05, 0.1) is 17.7 Å². The van der Waals surface area contributed by atoms with Gasteiger partial charge in [-0.25, -0.2) is 8.42 Å². The molecule has 0 saturated heterocycles. The van der Waals surface area contributed by atoms with Crippen molar-refractivity contribution >= 4 is 39.1 Å². The Balaban J connectivity index is 1.80. The fourth-order valence-corrected chi connectivity index (χ4v) is 6.38. The molecule has 10 heteroatoms. The van der Waals surface area contributed by atoms with Crippen molar-refractivity contribution in [2.45, 2.75) is 37.2 Å². The first-order valence-corrected chi connectivity index (χ1v) is 16.1. The molecule has 1 N–H and O–H groups in total. The van der Waals surface area contributed by atoms with Crippen molar-refractivity contribution in [1.29, 1.82) is 0 Å². The van der Waals surface area contributed by atoms with Crippen LogP contribution in [0.1, 0.15) is 24.5 Å². The summed E-state index contributed by atoms with van der Waals surface area (Å²) >= 11 is 6.27. The molecule has 0 radical (unpaired) electrons. The molecule has 2 amide bonds. The van der Waals surface area contributed by atoms with E-state index in [1.165, 1.54) is 23.1 Å². The van der Waals surface area contributed by atoms with Crippen molar-refractivity contribution in [3.63, 3.8) is 0 Å². The Hall–Kier alpha value is -4.34. The molecule has 230 valence electrons. The average molecular weight is 634 g/mol. The van der Waals surface area contributed by atoms with E-state index in [-0.39, 0.29) is 29.5 Å². The second kappa shape index (κ2) is 15.4. The third-order valence-electron chi connectivity index (χ3n) is 7.01. The van der Waals surface area contributed by atoms with Gasteiger partial charge in [0, 0.05) is 24.5 Å². The molecule has 0 unspecified atom stereocenters. The Bertz CT molecular complexity index is 1650. The van der Waals surface area contributed by atoms with Crippen molar-refractivity contribution in [2.75, 3.05) is 24.5 Å². The van der Waals surface area contributed by atoms with E-state index in [1.54, 1.807) is 61.7 Å². The molecule has 0 saturated carbocycles. The van der Waals surface area contributed by atoms with Crippen molar-refractivity contribution in [3.8, 4) is 5.75 Å². The summed E-state index contributed by atoms with van der Waals surface area (Å²) in [5.74, 6) is -0.288. The summed E-state index contributed by atoms with van der Waals surface area (Å²) in [5.41, 5.74) is 1.81. The molecule has 4 aromatic carbocycles. The van der Waals surface area contributed by atoms with Gasteiger partial charge in [0.25, 0.3) is 10.0 Å². The lowest BCUT2D eigenvalue weighted by atomic mass is 10.0. The Labute approximate surface area is 264 Å². The standard InChI is InChI=1S/C34H36ClN3O5S/c1-3-20-36-34(40)32(22-26-12-6-4-7-13-26)37(24-27-14-10-17-30(21-27)43-2)33(39)25-38(29-16-11-15-28(35)23-29)44(41,42)31-18-8-5-9-19-31/h4-19,21,23,32H,3,20,22,24-25H2,1-2H3,(H,36,40)/t32-/m1/s1. The Kier molecular flexibility index (Phi) is 11.4. The highest BCUT2D eigenvalue weighted by Gasteiger charge is 2.34. The van der Waals surface area contributed by atoms with Gasteiger partial charge < -0.3 is 15.0 Å². The average Bonchev–Trinajstić information content (AvgIpc) is 3.04. The highest BCUT2D eigenvalue weighted by Crippen LogP contribution is 2.27. The number of carbonyl (C=O) groups is 2. The van der Waals surface area contributed by atoms with Crippen LogP contribution in [0.5, 0.6) is 5.75 Å². The third-order valence-corrected chi connectivity index (χ3v) is 9.04. The molecule has 0 fully saturated rings. The van der Waals surface area contributed by atoms with Crippen LogP contribution in [0.25, 0.3) is 0 Å². The number of hydrogen-bond donors (Lipinski definition) is 1. The van der Waals surface area contributed by atoms with Crippen molar-refractivity contribution in [3.05, 3.63) is 125 Å². The molecule has 1 atom stereocenters. The molecule has 0 aromatic heterocycles. The molecule has 0 heterocycles. The molecule has 4 rings (SSSR count). The van der Waals surface area contributed by atoms with Gasteiger partial charge in [0.15, 0.2) is 0 Å². The van der Waals surface area contributed by atoms with Crippen molar-refractivity contribution < 1.29 is 22.7 Å². The van der Waals surface area contributed by atoms with Gasteiger partial charge in [-0.3, -0.25) is 13.9 Å². The zero-order valence-electron chi connectivity index (χ0n) is 24.7. The van der Waals surface area contributed by atoms with Crippen LogP contribution in [-0.2, 0) is 32.6 Å². The predicted molar refractivity (Wildman–Crippen MR) is 173 cm³/mol. The summed E-state index contributed by atoms with van der Waals surface area (Å²) in [6, 6.07) is 29.9. The Morgan fingerprint density at radius 3 is 2.18 bits per heavy atom. The largest absolute Gasteiger partial charge is 0.497 e. The highest BCUT2D eigenvalue weighted by molar-refractivity contribution is 7.92. The van der Waals surface area contributed by atoms with E-state index in [9.17, 15) is 18.0 Å². The summed E-state index contributed by atoms with van der Waals surface area (Å²) in [7, 11) is -2.64. The minimum absolute atomic E-state index is 0.0219. The van der Waals surface area contributed by atoms with E-state index >= 15 is 0 Å². The number of rotatable bonds is 14. The van der Waals surface area contributed by atoms with Crippen molar-refractivity contribution in [2.24, 2.45) is 0 Å². The number of sulfonamides is 1. The van der Waals surface area contributed by atoms with Crippen LogP contribution in [0.4, 0.5) is 5.69 Å². The zero-order valence-corrected chi connectivity index (χ0v) is 26.3. The fraction of sp³-hybridized carbons (Fsp3) is 0.235. The SMILES string of the molecule is CCCNC(=O)[C@@H](Cc1ccccc1)N(Cc1cccc(OC)c1)C(=O)CN(c1cccc(Cl)c1)S(=O)(=O)c1ccccc1.